The molecule has 1 aliphatic carbocycles. The van der Waals surface area contributed by atoms with Gasteiger partial charge in [-0.3, -0.25) is 0 Å². The predicted octanol–water partition coefficient (Wildman–Crippen LogP) is 15.5. The summed E-state index contributed by atoms with van der Waals surface area (Å²) < 4.78 is 6.14. The lowest BCUT2D eigenvalue weighted by molar-refractivity contribution is 0.660. The summed E-state index contributed by atoms with van der Waals surface area (Å²) in [5.74, 6) is 0. The van der Waals surface area contributed by atoms with Crippen molar-refractivity contribution < 1.29 is 4.42 Å². The molecule has 0 aliphatic heterocycles. The summed E-state index contributed by atoms with van der Waals surface area (Å²) in [4.78, 5) is 2.40. The first-order valence-corrected chi connectivity index (χ1v) is 19.7. The quantitative estimate of drug-likeness (QED) is 0.169. The Morgan fingerprint density at radius 2 is 0.895 bits per heavy atom. The lowest BCUT2D eigenvalue weighted by Crippen LogP contribution is -2.16. The highest BCUT2D eigenvalue weighted by atomic mass is 16.3. The van der Waals surface area contributed by atoms with Crippen LogP contribution in [0, 0.1) is 0 Å². The fourth-order valence-electron chi connectivity index (χ4n) is 9.10. The fourth-order valence-corrected chi connectivity index (χ4v) is 9.10. The Labute approximate surface area is 332 Å². The summed E-state index contributed by atoms with van der Waals surface area (Å²) >= 11 is 0. The van der Waals surface area contributed by atoms with Crippen molar-refractivity contribution in [1.29, 1.82) is 0 Å². The second-order valence-corrected chi connectivity index (χ2v) is 15.7. The number of nitrogens with zero attached hydrogens (tertiary/aromatic N) is 1. The molecule has 0 unspecified atom stereocenters. The molecule has 1 aromatic heterocycles. The van der Waals surface area contributed by atoms with Crippen molar-refractivity contribution in [3.05, 3.63) is 211 Å². The van der Waals surface area contributed by atoms with Gasteiger partial charge in [0, 0.05) is 33.2 Å². The first-order chi connectivity index (χ1) is 28.0. The largest absolute Gasteiger partial charge is 0.456 e. The second kappa shape index (κ2) is 13.0. The molecule has 0 fully saturated rings. The molecule has 0 spiro atoms. The summed E-state index contributed by atoms with van der Waals surface area (Å²) in [5, 5.41) is 4.79. The van der Waals surface area contributed by atoms with Gasteiger partial charge in [0.2, 0.25) is 0 Å². The molecule has 1 heterocycles. The van der Waals surface area contributed by atoms with Crippen molar-refractivity contribution in [1.82, 2.24) is 0 Å². The predicted molar refractivity (Wildman–Crippen MR) is 240 cm³/mol. The normalized spacial score (nSPS) is 12.9. The summed E-state index contributed by atoms with van der Waals surface area (Å²) in [6.07, 6.45) is 0. The van der Waals surface area contributed by atoms with Gasteiger partial charge in [-0.05, 0) is 127 Å². The van der Waals surface area contributed by atoms with Gasteiger partial charge in [0.1, 0.15) is 11.2 Å². The molecule has 11 rings (SSSR count). The summed E-state index contributed by atoms with van der Waals surface area (Å²) in [7, 11) is 0. The van der Waals surface area contributed by atoms with Crippen molar-refractivity contribution in [2.45, 2.75) is 19.3 Å². The van der Waals surface area contributed by atoms with E-state index in [1.54, 1.807) is 0 Å². The molecule has 0 saturated heterocycles. The number of hydrogen-bond acceptors (Lipinski definition) is 2. The molecular formula is C55H39NO. The Kier molecular flexibility index (Phi) is 7.55. The van der Waals surface area contributed by atoms with E-state index in [9.17, 15) is 0 Å². The maximum atomic E-state index is 6.14. The number of anilines is 3. The van der Waals surface area contributed by atoms with Crippen LogP contribution in [0.25, 0.3) is 77.2 Å². The second-order valence-electron chi connectivity index (χ2n) is 15.7. The van der Waals surface area contributed by atoms with E-state index in [1.807, 2.05) is 12.1 Å². The van der Waals surface area contributed by atoms with Gasteiger partial charge >= 0.3 is 0 Å². The minimum absolute atomic E-state index is 0.172. The van der Waals surface area contributed by atoms with Crippen LogP contribution < -0.4 is 4.90 Å². The smallest absolute Gasteiger partial charge is 0.135 e. The van der Waals surface area contributed by atoms with E-state index in [0.29, 0.717) is 0 Å². The van der Waals surface area contributed by atoms with E-state index >= 15 is 0 Å². The van der Waals surface area contributed by atoms with Crippen LogP contribution in [-0.4, -0.2) is 0 Å². The standard InChI is InChI=1S/C55H39NO/c1-55(2)51-34-41(36-11-4-3-5-12-36)23-30-47(51)48-31-29-44(35-52(48)55)56(43-27-21-39(22-28-43)46-17-10-14-38-13-6-7-15-45(38)46)42-25-19-37(20-26-42)40-24-32-54-50(33-40)49-16-8-9-18-53(49)57-54/h3-35H,1-2H3. The van der Waals surface area contributed by atoms with Crippen LogP contribution >= 0.6 is 0 Å². The van der Waals surface area contributed by atoms with E-state index in [4.69, 9.17) is 4.42 Å². The average molecular weight is 730 g/mol. The van der Waals surface area contributed by atoms with E-state index in [0.717, 1.165) is 44.6 Å². The first-order valence-electron chi connectivity index (χ1n) is 19.7. The molecule has 0 N–H and O–H groups in total. The minimum Gasteiger partial charge on any atom is -0.456 e. The van der Waals surface area contributed by atoms with Crippen molar-refractivity contribution in [2.75, 3.05) is 4.90 Å². The van der Waals surface area contributed by atoms with E-state index in [2.05, 4.69) is 207 Å². The molecule has 9 aromatic carbocycles. The number of hydrogen-bond donors (Lipinski definition) is 0. The number of benzene rings is 9. The first kappa shape index (κ1) is 33.2. The Balaban J connectivity index is 1.01. The molecular weight excluding hydrogens is 691 g/mol. The number of para-hydroxylation sites is 1. The van der Waals surface area contributed by atoms with Gasteiger partial charge in [-0.25, -0.2) is 0 Å². The van der Waals surface area contributed by atoms with Gasteiger partial charge in [-0.2, -0.15) is 0 Å². The third-order valence-corrected chi connectivity index (χ3v) is 12.1. The van der Waals surface area contributed by atoms with Gasteiger partial charge in [-0.15, -0.1) is 0 Å². The lowest BCUT2D eigenvalue weighted by Gasteiger charge is -2.28. The Bertz CT molecular complexity index is 3130. The van der Waals surface area contributed by atoms with E-state index in [1.165, 1.54) is 60.8 Å². The fraction of sp³-hybridized carbons (Fsp3) is 0.0545. The monoisotopic (exact) mass is 729 g/mol. The van der Waals surface area contributed by atoms with Gasteiger partial charge in [0.05, 0.1) is 0 Å². The summed E-state index contributed by atoms with van der Waals surface area (Å²) in [6, 6.07) is 72.7. The molecule has 270 valence electrons. The van der Waals surface area contributed by atoms with Crippen molar-refractivity contribution in [3.63, 3.8) is 0 Å². The van der Waals surface area contributed by atoms with Crippen LogP contribution in [0.4, 0.5) is 17.1 Å². The topological polar surface area (TPSA) is 16.4 Å². The molecule has 0 saturated carbocycles. The third-order valence-electron chi connectivity index (χ3n) is 12.1. The molecule has 10 aromatic rings. The van der Waals surface area contributed by atoms with Crippen LogP contribution in [0.5, 0.6) is 0 Å². The number of furan rings is 1. The zero-order valence-corrected chi connectivity index (χ0v) is 31.9. The molecule has 0 atom stereocenters. The van der Waals surface area contributed by atoms with Gasteiger partial charge in [0.25, 0.3) is 0 Å². The zero-order chi connectivity index (χ0) is 38.1. The number of rotatable bonds is 6. The molecule has 57 heavy (non-hydrogen) atoms. The Hall–Kier alpha value is -7.16. The lowest BCUT2D eigenvalue weighted by atomic mass is 9.81. The van der Waals surface area contributed by atoms with Crippen LogP contribution in [0.1, 0.15) is 25.0 Å². The van der Waals surface area contributed by atoms with Gasteiger partial charge < -0.3 is 9.32 Å². The maximum absolute atomic E-state index is 6.14. The van der Waals surface area contributed by atoms with Crippen molar-refractivity contribution in [3.8, 4) is 44.5 Å². The van der Waals surface area contributed by atoms with Gasteiger partial charge in [-0.1, -0.05) is 153 Å². The van der Waals surface area contributed by atoms with Crippen LogP contribution in [0.15, 0.2) is 205 Å². The summed E-state index contributed by atoms with van der Waals surface area (Å²) in [6.45, 7) is 4.74. The third kappa shape index (κ3) is 5.48. The molecule has 1 aliphatic rings. The van der Waals surface area contributed by atoms with Crippen LogP contribution in [0.2, 0.25) is 0 Å². The SMILES string of the molecule is CC1(C)c2cc(-c3ccccc3)ccc2-c2ccc(N(c3ccc(-c4ccc5oc6ccccc6c5c4)cc3)c3ccc(-c4cccc5ccccc45)cc3)cc21. The minimum atomic E-state index is -0.172. The van der Waals surface area contributed by atoms with E-state index in [-0.39, 0.29) is 5.41 Å². The number of fused-ring (bicyclic) bond motifs is 7. The molecule has 0 amide bonds. The molecule has 2 heteroatoms. The van der Waals surface area contributed by atoms with E-state index < -0.39 is 0 Å². The maximum Gasteiger partial charge on any atom is 0.135 e. The Morgan fingerprint density at radius 3 is 1.68 bits per heavy atom. The van der Waals surface area contributed by atoms with Crippen molar-refractivity contribution in [2.24, 2.45) is 0 Å². The zero-order valence-electron chi connectivity index (χ0n) is 31.9. The Morgan fingerprint density at radius 1 is 0.351 bits per heavy atom. The van der Waals surface area contributed by atoms with Gasteiger partial charge in [0.15, 0.2) is 0 Å². The summed E-state index contributed by atoms with van der Waals surface area (Å²) in [5.41, 5.74) is 17.6. The van der Waals surface area contributed by atoms with Crippen LogP contribution in [0.3, 0.4) is 0 Å². The van der Waals surface area contributed by atoms with Crippen LogP contribution in [-0.2, 0) is 5.41 Å². The highest BCUT2D eigenvalue weighted by molar-refractivity contribution is 6.06. The molecule has 2 nitrogen and oxygen atoms in total. The average Bonchev–Trinajstić information content (AvgIpc) is 3.75. The molecule has 0 radical (unpaired) electrons. The highest BCUT2D eigenvalue weighted by Crippen LogP contribution is 2.52. The molecule has 0 bridgehead atoms. The highest BCUT2D eigenvalue weighted by Gasteiger charge is 2.36. The van der Waals surface area contributed by atoms with Crippen molar-refractivity contribution >= 4 is 49.8 Å².